The van der Waals surface area contributed by atoms with Crippen LogP contribution in [0.2, 0.25) is 0 Å². The van der Waals surface area contributed by atoms with Crippen molar-refractivity contribution < 1.29 is 4.42 Å². The van der Waals surface area contributed by atoms with E-state index in [1.165, 1.54) is 70.2 Å². The van der Waals surface area contributed by atoms with Gasteiger partial charge in [-0.3, -0.25) is 0 Å². The van der Waals surface area contributed by atoms with Crippen molar-refractivity contribution in [2.75, 3.05) is 4.90 Å². The molecule has 0 radical (unpaired) electrons. The minimum Gasteiger partial charge on any atom is -0.456 e. The van der Waals surface area contributed by atoms with E-state index < -0.39 is 0 Å². The molecule has 0 atom stereocenters. The molecular formula is C57H39NOS. The molecular weight excluding hydrogens is 747 g/mol. The SMILES string of the molecule is CC1(C)c2ccccc2-c2cc(-c3ccc(N(c4ccc(-c5cccc6c5sc5ccccc56)cc4)c4ccc(-c5cccc6oc7ccccc7c56)cc4)cc3)ccc21. The molecule has 2 heterocycles. The number of anilines is 3. The summed E-state index contributed by atoms with van der Waals surface area (Å²) >= 11 is 1.87. The average molecular weight is 786 g/mol. The number of furan rings is 1. The van der Waals surface area contributed by atoms with Crippen LogP contribution in [-0.2, 0) is 5.41 Å². The van der Waals surface area contributed by atoms with Gasteiger partial charge in [-0.2, -0.15) is 0 Å². The molecule has 0 spiro atoms. The number of fused-ring (bicyclic) bond motifs is 9. The molecule has 0 unspecified atom stereocenters. The van der Waals surface area contributed by atoms with Gasteiger partial charge in [0.15, 0.2) is 0 Å². The molecule has 1 aliphatic carbocycles. The lowest BCUT2D eigenvalue weighted by atomic mass is 9.82. The van der Waals surface area contributed by atoms with Gasteiger partial charge in [-0.25, -0.2) is 0 Å². The van der Waals surface area contributed by atoms with E-state index in [0.717, 1.165) is 44.6 Å². The molecule has 60 heavy (non-hydrogen) atoms. The maximum Gasteiger partial charge on any atom is 0.136 e. The van der Waals surface area contributed by atoms with Gasteiger partial charge in [-0.1, -0.05) is 153 Å². The van der Waals surface area contributed by atoms with Gasteiger partial charge in [0.25, 0.3) is 0 Å². The van der Waals surface area contributed by atoms with Crippen LogP contribution in [0.4, 0.5) is 17.1 Å². The third-order valence-electron chi connectivity index (χ3n) is 12.7. The molecule has 0 saturated carbocycles. The van der Waals surface area contributed by atoms with Gasteiger partial charge in [0.2, 0.25) is 0 Å². The molecule has 11 aromatic rings. The van der Waals surface area contributed by atoms with Crippen LogP contribution in [-0.4, -0.2) is 0 Å². The van der Waals surface area contributed by atoms with E-state index in [2.05, 4.69) is 207 Å². The molecule has 2 aromatic heterocycles. The van der Waals surface area contributed by atoms with Gasteiger partial charge in [0, 0.05) is 53.4 Å². The average Bonchev–Trinajstić information content (AvgIpc) is 3.95. The molecule has 3 heteroatoms. The van der Waals surface area contributed by atoms with Crippen LogP contribution in [0.15, 0.2) is 205 Å². The summed E-state index contributed by atoms with van der Waals surface area (Å²) in [6.07, 6.45) is 0. The number of thiophene rings is 1. The third kappa shape index (κ3) is 5.40. The van der Waals surface area contributed by atoms with Gasteiger partial charge >= 0.3 is 0 Å². The van der Waals surface area contributed by atoms with Crippen molar-refractivity contribution in [2.24, 2.45) is 0 Å². The first kappa shape index (κ1) is 34.8. The Hall–Kier alpha value is -7.20. The van der Waals surface area contributed by atoms with Crippen molar-refractivity contribution in [3.63, 3.8) is 0 Å². The summed E-state index contributed by atoms with van der Waals surface area (Å²) in [5.74, 6) is 0. The minimum absolute atomic E-state index is 0.0108. The molecule has 284 valence electrons. The maximum atomic E-state index is 6.25. The highest BCUT2D eigenvalue weighted by Gasteiger charge is 2.35. The van der Waals surface area contributed by atoms with Gasteiger partial charge in [-0.15, -0.1) is 11.3 Å². The van der Waals surface area contributed by atoms with E-state index in [0.29, 0.717) is 0 Å². The quantitative estimate of drug-likeness (QED) is 0.167. The zero-order chi connectivity index (χ0) is 40.0. The minimum atomic E-state index is -0.0108. The van der Waals surface area contributed by atoms with Crippen LogP contribution in [0.1, 0.15) is 25.0 Å². The molecule has 9 aromatic carbocycles. The summed E-state index contributed by atoms with van der Waals surface area (Å²) < 4.78 is 8.90. The molecule has 0 bridgehead atoms. The van der Waals surface area contributed by atoms with Crippen LogP contribution in [0.3, 0.4) is 0 Å². The predicted octanol–water partition coefficient (Wildman–Crippen LogP) is 16.7. The number of hydrogen-bond acceptors (Lipinski definition) is 3. The van der Waals surface area contributed by atoms with Crippen molar-refractivity contribution in [1.29, 1.82) is 0 Å². The second-order valence-electron chi connectivity index (χ2n) is 16.5. The lowest BCUT2D eigenvalue weighted by Gasteiger charge is -2.26. The first-order valence-electron chi connectivity index (χ1n) is 20.7. The summed E-state index contributed by atoms with van der Waals surface area (Å²) in [5.41, 5.74) is 17.8. The van der Waals surface area contributed by atoms with Gasteiger partial charge < -0.3 is 9.32 Å². The lowest BCUT2D eigenvalue weighted by molar-refractivity contribution is 0.660. The fourth-order valence-corrected chi connectivity index (χ4v) is 11.0. The summed E-state index contributed by atoms with van der Waals surface area (Å²) in [7, 11) is 0. The van der Waals surface area contributed by atoms with Gasteiger partial charge in [-0.05, 0) is 116 Å². The molecule has 12 rings (SSSR count). The number of nitrogens with zero attached hydrogens (tertiary/aromatic N) is 1. The van der Waals surface area contributed by atoms with Crippen LogP contribution in [0, 0.1) is 0 Å². The first-order valence-corrected chi connectivity index (χ1v) is 21.5. The Morgan fingerprint density at radius 3 is 1.70 bits per heavy atom. The second kappa shape index (κ2) is 13.4. The topological polar surface area (TPSA) is 16.4 Å². The Kier molecular flexibility index (Phi) is 7.79. The Balaban J connectivity index is 0.944. The summed E-state index contributed by atoms with van der Waals surface area (Å²) in [6, 6.07) is 73.1. The predicted molar refractivity (Wildman–Crippen MR) is 255 cm³/mol. The fourth-order valence-electron chi connectivity index (χ4n) is 9.72. The van der Waals surface area contributed by atoms with Crippen LogP contribution in [0.25, 0.3) is 86.6 Å². The van der Waals surface area contributed by atoms with E-state index >= 15 is 0 Å². The smallest absolute Gasteiger partial charge is 0.136 e. The Labute approximate surface area is 353 Å². The second-order valence-corrected chi connectivity index (χ2v) is 17.5. The highest BCUT2D eigenvalue weighted by molar-refractivity contribution is 7.26. The number of para-hydroxylation sites is 1. The third-order valence-corrected chi connectivity index (χ3v) is 13.9. The lowest BCUT2D eigenvalue weighted by Crippen LogP contribution is -2.14. The zero-order valence-electron chi connectivity index (χ0n) is 33.3. The van der Waals surface area contributed by atoms with E-state index in [4.69, 9.17) is 4.42 Å². The molecule has 2 nitrogen and oxygen atoms in total. The molecule has 0 fully saturated rings. The maximum absolute atomic E-state index is 6.25. The number of hydrogen-bond donors (Lipinski definition) is 0. The Bertz CT molecular complexity index is 3440. The van der Waals surface area contributed by atoms with Gasteiger partial charge in [0.05, 0.1) is 0 Å². The highest BCUT2D eigenvalue weighted by Crippen LogP contribution is 2.50. The zero-order valence-corrected chi connectivity index (χ0v) is 34.1. The molecule has 1 aliphatic rings. The molecule has 0 saturated heterocycles. The molecule has 0 amide bonds. The number of benzene rings is 9. The fraction of sp³-hybridized carbons (Fsp3) is 0.0526. The summed E-state index contributed by atoms with van der Waals surface area (Å²) in [4.78, 5) is 2.37. The highest BCUT2D eigenvalue weighted by atomic mass is 32.1. The van der Waals surface area contributed by atoms with Crippen LogP contribution < -0.4 is 4.90 Å². The largest absolute Gasteiger partial charge is 0.456 e. The van der Waals surface area contributed by atoms with E-state index in [9.17, 15) is 0 Å². The van der Waals surface area contributed by atoms with E-state index in [1.807, 2.05) is 23.5 Å². The van der Waals surface area contributed by atoms with Crippen molar-refractivity contribution in [3.8, 4) is 44.5 Å². The Morgan fingerprint density at radius 2 is 0.933 bits per heavy atom. The monoisotopic (exact) mass is 785 g/mol. The van der Waals surface area contributed by atoms with Crippen molar-refractivity contribution in [3.05, 3.63) is 211 Å². The van der Waals surface area contributed by atoms with Crippen molar-refractivity contribution >= 4 is 70.5 Å². The van der Waals surface area contributed by atoms with E-state index in [-0.39, 0.29) is 5.41 Å². The summed E-state index contributed by atoms with van der Waals surface area (Å²) in [5, 5.41) is 4.92. The molecule has 0 aliphatic heterocycles. The van der Waals surface area contributed by atoms with E-state index in [1.54, 1.807) is 0 Å². The van der Waals surface area contributed by atoms with Crippen LogP contribution in [0.5, 0.6) is 0 Å². The van der Waals surface area contributed by atoms with Gasteiger partial charge in [0.1, 0.15) is 11.2 Å². The first-order chi connectivity index (χ1) is 29.5. The van der Waals surface area contributed by atoms with Crippen LogP contribution >= 0.6 is 11.3 Å². The van der Waals surface area contributed by atoms with Crippen molar-refractivity contribution in [1.82, 2.24) is 0 Å². The standard InChI is InChI=1S/C57H39NOS/c1-57(2)50-17-6-3-11-45(50)49-35-39(27-34-51(49)57)36-21-28-40(29-22-36)58(41-30-23-37(24-31-41)43-14-10-19-53-55(43)48-13-4-7-18-52(48)59-53)42-32-25-38(26-33-42)44-15-9-16-47-46-12-5-8-20-54(46)60-56(44)47/h3-35H,1-2H3. The molecule has 0 N–H and O–H groups in total. The number of rotatable bonds is 6. The Morgan fingerprint density at radius 1 is 0.400 bits per heavy atom. The van der Waals surface area contributed by atoms with Crippen molar-refractivity contribution in [2.45, 2.75) is 19.3 Å². The summed E-state index contributed by atoms with van der Waals surface area (Å²) in [6.45, 7) is 4.67. The normalized spacial score (nSPS) is 13.0.